The smallest absolute Gasteiger partial charge is 0.0304 e. The highest BCUT2D eigenvalue weighted by Crippen LogP contribution is 2.41. The minimum atomic E-state index is 0.261. The van der Waals surface area contributed by atoms with E-state index < -0.39 is 0 Å². The summed E-state index contributed by atoms with van der Waals surface area (Å²) >= 11 is 0. The largest absolute Gasteiger partial charge is 0.329 e. The fourth-order valence-corrected chi connectivity index (χ4v) is 3.44. The van der Waals surface area contributed by atoms with Crippen LogP contribution < -0.4 is 11.1 Å². The van der Waals surface area contributed by atoms with Gasteiger partial charge in [-0.1, -0.05) is 33.6 Å². The molecule has 2 rings (SSSR count). The van der Waals surface area contributed by atoms with Crippen molar-refractivity contribution in [3.05, 3.63) is 0 Å². The number of rotatable bonds is 5. The van der Waals surface area contributed by atoms with Crippen LogP contribution in [0.2, 0.25) is 0 Å². The van der Waals surface area contributed by atoms with E-state index in [1.807, 2.05) is 0 Å². The molecule has 2 fully saturated rings. The van der Waals surface area contributed by atoms with E-state index >= 15 is 0 Å². The number of hydrogen-bond donors (Lipinski definition) is 2. The van der Waals surface area contributed by atoms with E-state index in [-0.39, 0.29) is 5.54 Å². The van der Waals surface area contributed by atoms with Gasteiger partial charge in [-0.2, -0.15) is 0 Å². The molecule has 2 saturated carbocycles. The first-order valence-electron chi connectivity index (χ1n) is 7.90. The van der Waals surface area contributed by atoms with Gasteiger partial charge in [-0.05, 0) is 55.9 Å². The highest BCUT2D eigenvalue weighted by Gasteiger charge is 2.37. The summed E-state index contributed by atoms with van der Waals surface area (Å²) in [7, 11) is 0. The van der Waals surface area contributed by atoms with E-state index in [2.05, 4.69) is 26.1 Å². The van der Waals surface area contributed by atoms with Crippen molar-refractivity contribution in [1.29, 1.82) is 0 Å². The average molecular weight is 252 g/mol. The van der Waals surface area contributed by atoms with E-state index in [0.717, 1.165) is 18.4 Å². The normalized spacial score (nSPS) is 33.7. The van der Waals surface area contributed by atoms with Gasteiger partial charge < -0.3 is 11.1 Å². The fourth-order valence-electron chi connectivity index (χ4n) is 3.44. The van der Waals surface area contributed by atoms with Crippen molar-refractivity contribution >= 4 is 0 Å². The SMILES string of the molecule is CC(C)(C)C1CCC(CN)(NCCC2CC2)CC1. The molecule has 106 valence electrons. The standard InChI is InChI=1S/C16H32N2/c1-15(2,3)14-6-9-16(12-17,10-7-14)18-11-8-13-4-5-13/h13-14,18H,4-12,17H2,1-3H3. The van der Waals surface area contributed by atoms with Crippen LogP contribution in [-0.2, 0) is 0 Å². The Labute approximate surface area is 113 Å². The van der Waals surface area contributed by atoms with Gasteiger partial charge in [0.05, 0.1) is 0 Å². The molecule has 0 spiro atoms. The van der Waals surface area contributed by atoms with Crippen molar-refractivity contribution < 1.29 is 0 Å². The van der Waals surface area contributed by atoms with Gasteiger partial charge in [-0.3, -0.25) is 0 Å². The monoisotopic (exact) mass is 252 g/mol. The van der Waals surface area contributed by atoms with Crippen LogP contribution in [0.15, 0.2) is 0 Å². The third-order valence-electron chi connectivity index (χ3n) is 5.31. The first kappa shape index (κ1) is 14.3. The topological polar surface area (TPSA) is 38.0 Å². The van der Waals surface area contributed by atoms with Crippen LogP contribution in [-0.4, -0.2) is 18.6 Å². The van der Waals surface area contributed by atoms with Gasteiger partial charge in [0.1, 0.15) is 0 Å². The minimum absolute atomic E-state index is 0.261. The van der Waals surface area contributed by atoms with Gasteiger partial charge in [0.25, 0.3) is 0 Å². The predicted octanol–water partition coefficient (Wildman–Crippen LogP) is 3.31. The summed E-state index contributed by atoms with van der Waals surface area (Å²) in [5.41, 5.74) is 6.79. The van der Waals surface area contributed by atoms with Crippen molar-refractivity contribution in [2.75, 3.05) is 13.1 Å². The van der Waals surface area contributed by atoms with E-state index in [1.165, 1.54) is 51.5 Å². The molecule has 0 atom stereocenters. The Balaban J connectivity index is 1.78. The molecule has 2 heteroatoms. The van der Waals surface area contributed by atoms with Crippen LogP contribution in [0.4, 0.5) is 0 Å². The number of nitrogens with two attached hydrogens (primary N) is 1. The van der Waals surface area contributed by atoms with Gasteiger partial charge in [-0.25, -0.2) is 0 Å². The van der Waals surface area contributed by atoms with Crippen molar-refractivity contribution in [2.24, 2.45) is 23.0 Å². The summed E-state index contributed by atoms with van der Waals surface area (Å²) in [6.07, 6.45) is 9.53. The van der Waals surface area contributed by atoms with Gasteiger partial charge in [-0.15, -0.1) is 0 Å². The lowest BCUT2D eigenvalue weighted by molar-refractivity contribution is 0.117. The van der Waals surface area contributed by atoms with Crippen LogP contribution in [0, 0.1) is 17.3 Å². The van der Waals surface area contributed by atoms with Gasteiger partial charge in [0, 0.05) is 12.1 Å². The van der Waals surface area contributed by atoms with Crippen LogP contribution in [0.3, 0.4) is 0 Å². The lowest BCUT2D eigenvalue weighted by Gasteiger charge is -2.44. The molecule has 2 aliphatic rings. The van der Waals surface area contributed by atoms with Gasteiger partial charge in [0.2, 0.25) is 0 Å². The second-order valence-corrected chi connectivity index (χ2v) is 7.78. The molecule has 0 bridgehead atoms. The van der Waals surface area contributed by atoms with Crippen molar-refractivity contribution in [2.45, 2.75) is 71.3 Å². The molecule has 0 saturated heterocycles. The lowest BCUT2D eigenvalue weighted by atomic mass is 9.67. The lowest BCUT2D eigenvalue weighted by Crippen LogP contribution is -2.54. The molecule has 0 heterocycles. The predicted molar refractivity (Wildman–Crippen MR) is 78.5 cm³/mol. The molecule has 0 radical (unpaired) electrons. The quantitative estimate of drug-likeness (QED) is 0.788. The molecule has 0 unspecified atom stereocenters. The summed E-state index contributed by atoms with van der Waals surface area (Å²) in [4.78, 5) is 0. The molecule has 2 nitrogen and oxygen atoms in total. The molecule has 0 aliphatic heterocycles. The average Bonchev–Trinajstić information content (AvgIpc) is 3.12. The molecule has 0 aromatic carbocycles. The van der Waals surface area contributed by atoms with Crippen LogP contribution in [0.1, 0.15) is 65.7 Å². The van der Waals surface area contributed by atoms with Gasteiger partial charge >= 0.3 is 0 Å². The van der Waals surface area contributed by atoms with Gasteiger partial charge in [0.15, 0.2) is 0 Å². The summed E-state index contributed by atoms with van der Waals surface area (Å²) in [6.45, 7) is 9.14. The highest BCUT2D eigenvalue weighted by molar-refractivity contribution is 4.96. The molecule has 2 aliphatic carbocycles. The zero-order valence-electron chi connectivity index (χ0n) is 12.6. The maximum absolute atomic E-state index is 6.06. The maximum atomic E-state index is 6.06. The molecular weight excluding hydrogens is 220 g/mol. The van der Waals surface area contributed by atoms with Crippen molar-refractivity contribution in [3.8, 4) is 0 Å². The Hall–Kier alpha value is -0.0800. The second kappa shape index (κ2) is 5.50. The Bertz CT molecular complexity index is 255. The molecule has 3 N–H and O–H groups in total. The second-order valence-electron chi connectivity index (χ2n) is 7.78. The van der Waals surface area contributed by atoms with E-state index in [9.17, 15) is 0 Å². The van der Waals surface area contributed by atoms with E-state index in [4.69, 9.17) is 5.73 Å². The summed E-state index contributed by atoms with van der Waals surface area (Å²) < 4.78 is 0. The molecule has 18 heavy (non-hydrogen) atoms. The van der Waals surface area contributed by atoms with E-state index in [0.29, 0.717) is 5.41 Å². The van der Waals surface area contributed by atoms with Crippen LogP contribution >= 0.6 is 0 Å². The summed E-state index contributed by atoms with van der Waals surface area (Å²) in [5.74, 6) is 1.90. The Morgan fingerprint density at radius 1 is 1.11 bits per heavy atom. The van der Waals surface area contributed by atoms with E-state index in [1.54, 1.807) is 0 Å². The van der Waals surface area contributed by atoms with Crippen molar-refractivity contribution in [1.82, 2.24) is 5.32 Å². The van der Waals surface area contributed by atoms with Crippen molar-refractivity contribution in [3.63, 3.8) is 0 Å². The molecule has 0 aromatic heterocycles. The minimum Gasteiger partial charge on any atom is -0.329 e. The molecule has 0 aromatic rings. The Kier molecular flexibility index (Phi) is 4.38. The molecule has 0 amide bonds. The fraction of sp³-hybridized carbons (Fsp3) is 1.00. The third kappa shape index (κ3) is 3.71. The maximum Gasteiger partial charge on any atom is 0.0304 e. The number of hydrogen-bond acceptors (Lipinski definition) is 2. The Morgan fingerprint density at radius 2 is 1.72 bits per heavy atom. The van der Waals surface area contributed by atoms with Crippen LogP contribution in [0.25, 0.3) is 0 Å². The first-order chi connectivity index (χ1) is 8.45. The third-order valence-corrected chi connectivity index (χ3v) is 5.31. The molecular formula is C16H32N2. The zero-order valence-corrected chi connectivity index (χ0v) is 12.6. The Morgan fingerprint density at radius 3 is 2.17 bits per heavy atom. The number of nitrogens with one attached hydrogen (secondary N) is 1. The highest BCUT2D eigenvalue weighted by atomic mass is 15.0. The first-order valence-corrected chi connectivity index (χ1v) is 7.90. The van der Waals surface area contributed by atoms with Crippen LogP contribution in [0.5, 0.6) is 0 Å². The summed E-state index contributed by atoms with van der Waals surface area (Å²) in [5, 5.41) is 3.80. The summed E-state index contributed by atoms with van der Waals surface area (Å²) in [6, 6.07) is 0. The zero-order chi connectivity index (χ0) is 13.2.